The van der Waals surface area contributed by atoms with E-state index in [1.807, 2.05) is 42.3 Å². The second kappa shape index (κ2) is 7.95. The van der Waals surface area contributed by atoms with Crippen LogP contribution in [0.15, 0.2) is 60.0 Å². The number of nitrogens with zero attached hydrogens (tertiary/aromatic N) is 2. The van der Waals surface area contributed by atoms with Gasteiger partial charge < -0.3 is 15.3 Å². The molecule has 0 aliphatic carbocycles. The third-order valence-electron chi connectivity index (χ3n) is 3.79. The zero-order valence-electron chi connectivity index (χ0n) is 13.6. The van der Waals surface area contributed by atoms with Crippen LogP contribution in [-0.2, 0) is 6.54 Å². The number of hydrogen-bond acceptors (Lipinski definition) is 5. The Balaban J connectivity index is 1.59. The minimum Gasteiger partial charge on any atom is -0.395 e. The number of aliphatic hydroxyl groups is 1. The monoisotopic (exact) mass is 339 g/mol. The van der Waals surface area contributed by atoms with E-state index in [1.165, 1.54) is 0 Å². The number of rotatable bonds is 7. The molecule has 0 fully saturated rings. The van der Waals surface area contributed by atoms with Crippen molar-refractivity contribution in [2.24, 2.45) is 0 Å². The molecule has 0 aliphatic rings. The summed E-state index contributed by atoms with van der Waals surface area (Å²) in [5.74, 6) is 0. The van der Waals surface area contributed by atoms with E-state index in [0.717, 1.165) is 27.6 Å². The molecule has 0 spiro atoms. The summed E-state index contributed by atoms with van der Waals surface area (Å²) in [4.78, 5) is 6.71. The number of likely N-dealkylation sites (N-methyl/N-ethyl adjacent to an activating group) is 1. The summed E-state index contributed by atoms with van der Waals surface area (Å²) >= 11 is 1.67. The number of aliphatic hydroxyl groups excluding tert-OH is 1. The molecule has 24 heavy (non-hydrogen) atoms. The molecule has 1 heterocycles. The maximum atomic E-state index is 8.99. The molecule has 5 heteroatoms. The van der Waals surface area contributed by atoms with E-state index >= 15 is 0 Å². The molecular weight excluding hydrogens is 318 g/mol. The van der Waals surface area contributed by atoms with Crippen molar-refractivity contribution in [1.82, 2.24) is 4.98 Å². The molecule has 4 nitrogen and oxygen atoms in total. The molecule has 0 amide bonds. The number of hydrogen-bond donors (Lipinski definition) is 2. The van der Waals surface area contributed by atoms with Crippen LogP contribution in [0, 0.1) is 0 Å². The van der Waals surface area contributed by atoms with Crippen LogP contribution < -0.4 is 10.2 Å². The van der Waals surface area contributed by atoms with E-state index in [-0.39, 0.29) is 6.61 Å². The third-order valence-corrected chi connectivity index (χ3v) is 4.73. The standard InChI is InChI=1S/C19H21N3OS/c1-22(11-12-23)18-9-7-16(8-10-18)20-13-17-14-24-19(21-17)15-5-3-2-4-6-15/h2-10,14,20,23H,11-13H2,1H3. The van der Waals surface area contributed by atoms with E-state index in [4.69, 9.17) is 5.11 Å². The normalized spacial score (nSPS) is 10.6. The average molecular weight is 339 g/mol. The second-order valence-corrected chi connectivity index (χ2v) is 6.41. The van der Waals surface area contributed by atoms with Gasteiger partial charge in [0.25, 0.3) is 0 Å². The largest absolute Gasteiger partial charge is 0.395 e. The lowest BCUT2D eigenvalue weighted by molar-refractivity contribution is 0.304. The van der Waals surface area contributed by atoms with Gasteiger partial charge >= 0.3 is 0 Å². The molecule has 1 aromatic heterocycles. The van der Waals surface area contributed by atoms with Crippen molar-refractivity contribution in [3.8, 4) is 10.6 Å². The highest BCUT2D eigenvalue weighted by molar-refractivity contribution is 7.13. The molecule has 0 atom stereocenters. The van der Waals surface area contributed by atoms with Gasteiger partial charge in [0.05, 0.1) is 18.8 Å². The van der Waals surface area contributed by atoms with E-state index < -0.39 is 0 Å². The quantitative estimate of drug-likeness (QED) is 0.686. The van der Waals surface area contributed by atoms with E-state index in [1.54, 1.807) is 11.3 Å². The van der Waals surface area contributed by atoms with Gasteiger partial charge in [-0.1, -0.05) is 30.3 Å². The van der Waals surface area contributed by atoms with Crippen molar-refractivity contribution in [3.05, 3.63) is 65.7 Å². The first-order valence-electron chi connectivity index (χ1n) is 7.92. The van der Waals surface area contributed by atoms with Gasteiger partial charge in [-0.2, -0.15) is 0 Å². The summed E-state index contributed by atoms with van der Waals surface area (Å²) in [7, 11) is 1.97. The van der Waals surface area contributed by atoms with Gasteiger partial charge in [-0.15, -0.1) is 11.3 Å². The molecule has 0 unspecified atom stereocenters. The topological polar surface area (TPSA) is 48.4 Å². The van der Waals surface area contributed by atoms with Crippen molar-refractivity contribution < 1.29 is 5.11 Å². The molecule has 2 aromatic carbocycles. The van der Waals surface area contributed by atoms with Crippen molar-refractivity contribution in [1.29, 1.82) is 0 Å². The van der Waals surface area contributed by atoms with Gasteiger partial charge in [-0.3, -0.25) is 0 Å². The number of thiazole rings is 1. The van der Waals surface area contributed by atoms with E-state index in [0.29, 0.717) is 13.1 Å². The molecular formula is C19H21N3OS. The fraction of sp³-hybridized carbons (Fsp3) is 0.211. The van der Waals surface area contributed by atoms with Crippen LogP contribution in [0.1, 0.15) is 5.69 Å². The molecule has 3 aromatic rings. The molecule has 0 bridgehead atoms. The summed E-state index contributed by atoms with van der Waals surface area (Å²) < 4.78 is 0. The first-order chi connectivity index (χ1) is 11.8. The van der Waals surface area contributed by atoms with Crippen LogP contribution in [0.4, 0.5) is 11.4 Å². The van der Waals surface area contributed by atoms with Gasteiger partial charge in [0.2, 0.25) is 0 Å². The van der Waals surface area contributed by atoms with Crippen molar-refractivity contribution >= 4 is 22.7 Å². The van der Waals surface area contributed by atoms with Crippen LogP contribution in [-0.4, -0.2) is 30.3 Å². The minimum atomic E-state index is 0.157. The van der Waals surface area contributed by atoms with Crippen LogP contribution in [0.25, 0.3) is 10.6 Å². The van der Waals surface area contributed by atoms with E-state index in [9.17, 15) is 0 Å². The molecule has 3 rings (SSSR count). The highest BCUT2D eigenvalue weighted by Gasteiger charge is 2.05. The molecule has 0 saturated heterocycles. The predicted molar refractivity (Wildman–Crippen MR) is 102 cm³/mol. The predicted octanol–water partition coefficient (Wildman–Crippen LogP) is 3.85. The fourth-order valence-electron chi connectivity index (χ4n) is 2.41. The Morgan fingerprint density at radius 1 is 1.08 bits per heavy atom. The Morgan fingerprint density at radius 3 is 2.54 bits per heavy atom. The van der Waals surface area contributed by atoms with Crippen LogP contribution in [0.5, 0.6) is 0 Å². The first-order valence-corrected chi connectivity index (χ1v) is 8.80. The van der Waals surface area contributed by atoms with Crippen LogP contribution in [0.2, 0.25) is 0 Å². The smallest absolute Gasteiger partial charge is 0.123 e. The molecule has 124 valence electrons. The van der Waals surface area contributed by atoms with Gasteiger partial charge in [-0.05, 0) is 24.3 Å². The summed E-state index contributed by atoms with van der Waals surface area (Å²) in [5, 5.41) is 15.5. The Hall–Kier alpha value is -2.37. The van der Waals surface area contributed by atoms with Crippen LogP contribution >= 0.6 is 11.3 Å². The second-order valence-electron chi connectivity index (χ2n) is 5.56. The fourth-order valence-corrected chi connectivity index (χ4v) is 3.23. The third kappa shape index (κ3) is 4.13. The lowest BCUT2D eigenvalue weighted by Gasteiger charge is -2.18. The summed E-state index contributed by atoms with van der Waals surface area (Å²) in [6.45, 7) is 1.49. The molecule has 0 saturated carbocycles. The Bertz CT molecular complexity index is 756. The van der Waals surface area contributed by atoms with Crippen molar-refractivity contribution in [3.63, 3.8) is 0 Å². The highest BCUT2D eigenvalue weighted by Crippen LogP contribution is 2.24. The summed E-state index contributed by atoms with van der Waals surface area (Å²) in [5.41, 5.74) is 4.35. The van der Waals surface area contributed by atoms with Crippen molar-refractivity contribution in [2.75, 3.05) is 30.4 Å². The Kier molecular flexibility index (Phi) is 5.46. The number of anilines is 2. The van der Waals surface area contributed by atoms with Gasteiger partial charge in [0.15, 0.2) is 0 Å². The lowest BCUT2D eigenvalue weighted by atomic mass is 10.2. The maximum Gasteiger partial charge on any atom is 0.123 e. The number of aromatic nitrogens is 1. The maximum absolute atomic E-state index is 8.99. The van der Waals surface area contributed by atoms with E-state index in [2.05, 4.69) is 39.9 Å². The SMILES string of the molecule is CN(CCO)c1ccc(NCc2csc(-c3ccccc3)n2)cc1. The summed E-state index contributed by atoms with van der Waals surface area (Å²) in [6.07, 6.45) is 0. The molecule has 2 N–H and O–H groups in total. The van der Waals surface area contributed by atoms with Gasteiger partial charge in [0, 0.05) is 35.9 Å². The molecule has 0 aliphatic heterocycles. The first kappa shape index (κ1) is 16.5. The minimum absolute atomic E-state index is 0.157. The zero-order valence-corrected chi connectivity index (χ0v) is 14.5. The number of nitrogens with one attached hydrogen (secondary N) is 1. The van der Waals surface area contributed by atoms with Crippen molar-refractivity contribution in [2.45, 2.75) is 6.54 Å². The summed E-state index contributed by atoms with van der Waals surface area (Å²) in [6, 6.07) is 18.4. The average Bonchev–Trinajstić information content (AvgIpc) is 3.10. The highest BCUT2D eigenvalue weighted by atomic mass is 32.1. The zero-order chi connectivity index (χ0) is 16.8. The number of benzene rings is 2. The Morgan fingerprint density at radius 2 is 1.83 bits per heavy atom. The van der Waals surface area contributed by atoms with Gasteiger partial charge in [0.1, 0.15) is 5.01 Å². The Labute approximate surface area is 146 Å². The van der Waals surface area contributed by atoms with Gasteiger partial charge in [-0.25, -0.2) is 4.98 Å². The van der Waals surface area contributed by atoms with Crippen LogP contribution in [0.3, 0.4) is 0 Å². The lowest BCUT2D eigenvalue weighted by Crippen LogP contribution is -2.20. The molecule has 0 radical (unpaired) electrons.